The highest BCUT2D eigenvalue weighted by Crippen LogP contribution is 2.13. The third kappa shape index (κ3) is 5.36. The van der Waals surface area contributed by atoms with Crippen molar-refractivity contribution in [3.05, 3.63) is 11.8 Å². The molecule has 0 aromatic carbocycles. The summed E-state index contributed by atoms with van der Waals surface area (Å²) in [7, 11) is -4.27. The largest absolute Gasteiger partial charge is 0.402 e. The smallest absolute Gasteiger partial charge is 0.280 e. The van der Waals surface area contributed by atoms with Crippen molar-refractivity contribution in [2.45, 2.75) is 25.9 Å². The van der Waals surface area contributed by atoms with Crippen molar-refractivity contribution in [2.75, 3.05) is 11.3 Å². The van der Waals surface area contributed by atoms with Crippen LogP contribution in [0.25, 0.3) is 0 Å². The van der Waals surface area contributed by atoms with E-state index in [0.29, 0.717) is 12.1 Å². The molecule has 0 unspecified atom stereocenters. The van der Waals surface area contributed by atoms with Crippen molar-refractivity contribution < 1.29 is 21.6 Å². The van der Waals surface area contributed by atoms with Gasteiger partial charge in [0.1, 0.15) is 6.54 Å². The summed E-state index contributed by atoms with van der Waals surface area (Å²) in [6.45, 7) is 0.296. The van der Waals surface area contributed by atoms with E-state index in [-0.39, 0.29) is 5.82 Å². The molecular formula is C8H13F3N4O2S. The third-order valence-electron chi connectivity index (χ3n) is 1.85. The Bertz CT molecular complexity index is 483. The first-order valence-electron chi connectivity index (χ1n) is 5.10. The molecule has 0 bridgehead atoms. The molecule has 104 valence electrons. The van der Waals surface area contributed by atoms with E-state index >= 15 is 0 Å². The third-order valence-corrected chi connectivity index (χ3v) is 2.85. The molecule has 1 aromatic rings. The van der Waals surface area contributed by atoms with E-state index in [1.54, 1.807) is 0 Å². The number of rotatable bonds is 6. The lowest BCUT2D eigenvalue weighted by Crippen LogP contribution is -2.37. The van der Waals surface area contributed by atoms with Crippen LogP contribution in [0.2, 0.25) is 0 Å². The molecule has 0 saturated carbocycles. The van der Waals surface area contributed by atoms with Crippen molar-refractivity contribution >= 4 is 16.0 Å². The summed E-state index contributed by atoms with van der Waals surface area (Å²) in [5.41, 5.74) is 0.700. The Hall–Kier alpha value is -1.29. The van der Waals surface area contributed by atoms with Gasteiger partial charge in [-0.15, -0.1) is 0 Å². The van der Waals surface area contributed by atoms with Crippen molar-refractivity contribution in [1.82, 2.24) is 14.9 Å². The van der Waals surface area contributed by atoms with Gasteiger partial charge in [-0.2, -0.15) is 31.4 Å². The Morgan fingerprint density at radius 3 is 2.67 bits per heavy atom. The van der Waals surface area contributed by atoms with Crippen LogP contribution in [0.5, 0.6) is 0 Å². The Morgan fingerprint density at radius 1 is 1.44 bits per heavy atom. The van der Waals surface area contributed by atoms with Crippen molar-refractivity contribution in [3.8, 4) is 0 Å². The molecule has 1 aromatic heterocycles. The summed E-state index contributed by atoms with van der Waals surface area (Å²) in [6, 6.07) is 1.43. The normalized spacial score (nSPS) is 12.7. The molecule has 10 heteroatoms. The number of aromatic amines is 1. The van der Waals surface area contributed by atoms with E-state index in [0.717, 1.165) is 6.42 Å². The van der Waals surface area contributed by atoms with Gasteiger partial charge >= 0.3 is 16.4 Å². The van der Waals surface area contributed by atoms with E-state index in [1.165, 1.54) is 10.8 Å². The number of hydrogen-bond donors (Lipinski definition) is 3. The Kier molecular flexibility index (Phi) is 4.57. The van der Waals surface area contributed by atoms with Gasteiger partial charge in [0.25, 0.3) is 0 Å². The number of hydrogen-bond acceptors (Lipinski definition) is 3. The summed E-state index contributed by atoms with van der Waals surface area (Å²) >= 11 is 0. The van der Waals surface area contributed by atoms with Crippen molar-refractivity contribution in [1.29, 1.82) is 0 Å². The van der Waals surface area contributed by atoms with Gasteiger partial charge in [-0.05, 0) is 6.42 Å². The molecule has 1 heterocycles. The second-order valence-electron chi connectivity index (χ2n) is 3.57. The van der Waals surface area contributed by atoms with Crippen LogP contribution in [0.3, 0.4) is 0 Å². The average molecular weight is 286 g/mol. The van der Waals surface area contributed by atoms with Crippen LogP contribution in [0.15, 0.2) is 6.07 Å². The van der Waals surface area contributed by atoms with Gasteiger partial charge in [-0.3, -0.25) is 9.82 Å². The van der Waals surface area contributed by atoms with Crippen LogP contribution >= 0.6 is 0 Å². The molecule has 0 spiro atoms. The molecule has 6 nitrogen and oxygen atoms in total. The minimum Gasteiger partial charge on any atom is -0.280 e. The SMILES string of the molecule is CCCc1cc(NS(=O)(=O)NCC(F)(F)F)n[nH]1. The van der Waals surface area contributed by atoms with E-state index in [4.69, 9.17) is 0 Å². The highest BCUT2D eigenvalue weighted by molar-refractivity contribution is 7.90. The van der Waals surface area contributed by atoms with Gasteiger partial charge in [0.05, 0.1) is 0 Å². The lowest BCUT2D eigenvalue weighted by atomic mass is 10.2. The van der Waals surface area contributed by atoms with Crippen LogP contribution in [-0.4, -0.2) is 31.3 Å². The van der Waals surface area contributed by atoms with Gasteiger partial charge in [0.15, 0.2) is 5.82 Å². The molecule has 0 saturated heterocycles. The number of alkyl halides is 3. The molecule has 0 aliphatic rings. The second kappa shape index (κ2) is 5.57. The zero-order valence-corrected chi connectivity index (χ0v) is 10.3. The van der Waals surface area contributed by atoms with E-state index in [9.17, 15) is 21.6 Å². The standard InChI is InChI=1S/C8H13F3N4O2S/c1-2-3-6-4-7(14-13-6)15-18(16,17)12-5-8(9,10)11/h4,12H,2-3,5H2,1H3,(H2,13,14,15). The lowest BCUT2D eigenvalue weighted by molar-refractivity contribution is -0.121. The number of nitrogens with one attached hydrogen (secondary N) is 3. The topological polar surface area (TPSA) is 86.9 Å². The maximum absolute atomic E-state index is 11.9. The van der Waals surface area contributed by atoms with Crippen LogP contribution < -0.4 is 9.44 Å². The van der Waals surface area contributed by atoms with E-state index < -0.39 is 22.9 Å². The minimum atomic E-state index is -4.60. The highest BCUT2D eigenvalue weighted by Gasteiger charge is 2.29. The summed E-state index contributed by atoms with van der Waals surface area (Å²) in [5.74, 6) is -0.0480. The van der Waals surface area contributed by atoms with Gasteiger partial charge in [-0.25, -0.2) is 0 Å². The first-order chi connectivity index (χ1) is 8.22. The Balaban J connectivity index is 2.59. The summed E-state index contributed by atoms with van der Waals surface area (Å²) < 4.78 is 61.3. The van der Waals surface area contributed by atoms with Crippen molar-refractivity contribution in [3.63, 3.8) is 0 Å². The van der Waals surface area contributed by atoms with Crippen LogP contribution in [0, 0.1) is 0 Å². The molecule has 0 amide bonds. The van der Waals surface area contributed by atoms with Gasteiger partial charge in [0.2, 0.25) is 0 Å². The number of anilines is 1. The fraction of sp³-hybridized carbons (Fsp3) is 0.625. The average Bonchev–Trinajstić information content (AvgIpc) is 2.62. The maximum Gasteiger partial charge on any atom is 0.402 e. The molecule has 0 fully saturated rings. The fourth-order valence-electron chi connectivity index (χ4n) is 1.16. The van der Waals surface area contributed by atoms with Crippen LogP contribution in [0.1, 0.15) is 19.0 Å². The monoisotopic (exact) mass is 286 g/mol. The zero-order chi connectivity index (χ0) is 13.8. The molecule has 0 aliphatic carbocycles. The van der Waals surface area contributed by atoms with E-state index in [1.807, 2.05) is 11.6 Å². The highest BCUT2D eigenvalue weighted by atomic mass is 32.2. The van der Waals surface area contributed by atoms with Crippen molar-refractivity contribution in [2.24, 2.45) is 0 Å². The maximum atomic E-state index is 11.9. The predicted octanol–water partition coefficient (Wildman–Crippen LogP) is 1.17. The summed E-state index contributed by atoms with van der Waals surface area (Å²) in [6.07, 6.45) is -3.10. The zero-order valence-electron chi connectivity index (χ0n) is 9.50. The number of H-pyrrole nitrogens is 1. The number of halogens is 3. The molecule has 0 radical (unpaired) electrons. The molecule has 3 N–H and O–H groups in total. The number of aryl methyl sites for hydroxylation is 1. The first kappa shape index (κ1) is 14.8. The molecule has 0 atom stereocenters. The predicted molar refractivity (Wildman–Crippen MR) is 59.2 cm³/mol. The first-order valence-corrected chi connectivity index (χ1v) is 6.58. The molecular weight excluding hydrogens is 273 g/mol. The minimum absolute atomic E-state index is 0.0480. The molecule has 0 aliphatic heterocycles. The van der Waals surface area contributed by atoms with E-state index in [2.05, 4.69) is 10.2 Å². The number of aromatic nitrogens is 2. The van der Waals surface area contributed by atoms with Crippen LogP contribution in [-0.2, 0) is 16.6 Å². The Morgan fingerprint density at radius 2 is 2.11 bits per heavy atom. The lowest BCUT2D eigenvalue weighted by Gasteiger charge is -2.09. The Labute approximate surface area is 102 Å². The summed E-state index contributed by atoms with van der Waals surface area (Å²) in [5, 5.41) is 6.20. The quantitative estimate of drug-likeness (QED) is 0.733. The molecule has 1 rings (SSSR count). The van der Waals surface area contributed by atoms with Gasteiger partial charge < -0.3 is 0 Å². The van der Waals surface area contributed by atoms with Gasteiger partial charge in [0, 0.05) is 11.8 Å². The molecule has 18 heavy (non-hydrogen) atoms. The van der Waals surface area contributed by atoms with Crippen LogP contribution in [0.4, 0.5) is 19.0 Å². The fourth-order valence-corrected chi connectivity index (χ4v) is 1.97. The van der Waals surface area contributed by atoms with Gasteiger partial charge in [-0.1, -0.05) is 13.3 Å². The summed E-state index contributed by atoms with van der Waals surface area (Å²) in [4.78, 5) is 0. The second-order valence-corrected chi connectivity index (χ2v) is 5.07. The number of nitrogens with zero attached hydrogens (tertiary/aromatic N) is 1.